The smallest absolute Gasteiger partial charge is 0.204 e. The Bertz CT molecular complexity index is 310. The van der Waals surface area contributed by atoms with E-state index in [0.29, 0.717) is 5.84 Å². The number of aromatic nitrogens is 2. The topological polar surface area (TPSA) is 78.9 Å². The van der Waals surface area contributed by atoms with Crippen molar-refractivity contribution >= 4 is 22.5 Å². The van der Waals surface area contributed by atoms with E-state index in [1.54, 1.807) is 6.33 Å². The van der Waals surface area contributed by atoms with Gasteiger partial charge in [-0.2, -0.15) is 4.37 Å². The molecule has 1 unspecified atom stereocenters. The molecule has 1 aliphatic heterocycles. The van der Waals surface area contributed by atoms with Crippen LogP contribution in [0.2, 0.25) is 0 Å². The largest absolute Gasteiger partial charge is 0.387 e. The number of anilines is 1. The molecule has 0 bridgehead atoms. The number of nitrogens with one attached hydrogen (secondary N) is 1. The first-order valence-electron chi connectivity index (χ1n) is 4.63. The van der Waals surface area contributed by atoms with E-state index in [9.17, 15) is 0 Å². The van der Waals surface area contributed by atoms with Crippen LogP contribution < -0.4 is 10.6 Å². The summed E-state index contributed by atoms with van der Waals surface area (Å²) in [4.78, 5) is 6.32. The first kappa shape index (κ1) is 9.39. The third kappa shape index (κ3) is 1.84. The Balaban J connectivity index is 2.04. The van der Waals surface area contributed by atoms with Gasteiger partial charge in [-0.15, -0.1) is 0 Å². The molecule has 0 amide bonds. The second-order valence-corrected chi connectivity index (χ2v) is 4.22. The highest BCUT2D eigenvalue weighted by Gasteiger charge is 2.23. The molecule has 5 nitrogen and oxygen atoms in total. The number of nitrogens with two attached hydrogens (primary N) is 1. The minimum absolute atomic E-state index is 0.188. The van der Waals surface area contributed by atoms with E-state index in [4.69, 9.17) is 11.1 Å². The van der Waals surface area contributed by atoms with Crippen molar-refractivity contribution < 1.29 is 0 Å². The zero-order chi connectivity index (χ0) is 9.97. The summed E-state index contributed by atoms with van der Waals surface area (Å²) in [5.74, 6) is 0.479. The van der Waals surface area contributed by atoms with Gasteiger partial charge in [0.25, 0.3) is 0 Å². The van der Waals surface area contributed by atoms with Crippen LogP contribution in [-0.4, -0.2) is 28.3 Å². The van der Waals surface area contributed by atoms with Gasteiger partial charge in [0, 0.05) is 30.5 Å². The van der Waals surface area contributed by atoms with E-state index in [1.165, 1.54) is 11.5 Å². The molecule has 14 heavy (non-hydrogen) atoms. The van der Waals surface area contributed by atoms with Crippen LogP contribution in [0.15, 0.2) is 6.33 Å². The van der Waals surface area contributed by atoms with Crippen LogP contribution in [0.25, 0.3) is 0 Å². The van der Waals surface area contributed by atoms with E-state index < -0.39 is 0 Å². The third-order valence-electron chi connectivity index (χ3n) is 2.48. The van der Waals surface area contributed by atoms with E-state index in [1.807, 2.05) is 0 Å². The maximum atomic E-state index is 7.42. The first-order valence-corrected chi connectivity index (χ1v) is 5.40. The maximum absolute atomic E-state index is 7.42. The van der Waals surface area contributed by atoms with Crippen LogP contribution in [0.4, 0.5) is 5.13 Å². The summed E-state index contributed by atoms with van der Waals surface area (Å²) in [6.45, 7) is 1.81. The fourth-order valence-electron chi connectivity index (χ4n) is 1.71. The number of nitrogens with zero attached hydrogens (tertiary/aromatic N) is 3. The van der Waals surface area contributed by atoms with Crippen molar-refractivity contribution in [2.24, 2.45) is 11.7 Å². The summed E-state index contributed by atoms with van der Waals surface area (Å²) in [5, 5.41) is 8.36. The first-order chi connectivity index (χ1) is 6.77. The molecule has 2 rings (SSSR count). The van der Waals surface area contributed by atoms with Gasteiger partial charge < -0.3 is 10.6 Å². The normalized spacial score (nSPS) is 22.3. The summed E-state index contributed by atoms with van der Waals surface area (Å²) in [6, 6.07) is 0. The standard InChI is InChI=1S/C8H13N5S/c9-7(10)6-2-1-3-13(4-6)8-11-5-12-14-8/h5-6H,1-4H2,(H3,9,10). The lowest BCUT2D eigenvalue weighted by molar-refractivity contribution is 0.502. The Hall–Kier alpha value is -1.17. The fraction of sp³-hybridized carbons (Fsp3) is 0.625. The molecule has 0 saturated carbocycles. The lowest BCUT2D eigenvalue weighted by atomic mass is 9.97. The summed E-state index contributed by atoms with van der Waals surface area (Å²) in [7, 11) is 0. The van der Waals surface area contributed by atoms with Gasteiger partial charge in [0.2, 0.25) is 5.13 Å². The van der Waals surface area contributed by atoms with Gasteiger partial charge in [-0.1, -0.05) is 0 Å². The molecule has 1 fully saturated rings. The van der Waals surface area contributed by atoms with Crippen LogP contribution in [0.5, 0.6) is 0 Å². The second-order valence-electron chi connectivity index (χ2n) is 3.46. The number of hydrogen-bond donors (Lipinski definition) is 2. The number of piperidine rings is 1. The zero-order valence-corrected chi connectivity index (χ0v) is 8.63. The summed E-state index contributed by atoms with van der Waals surface area (Å²) < 4.78 is 3.97. The predicted molar refractivity (Wildman–Crippen MR) is 56.8 cm³/mol. The molecule has 0 spiro atoms. The molecule has 3 N–H and O–H groups in total. The minimum atomic E-state index is 0.188. The monoisotopic (exact) mass is 211 g/mol. The quantitative estimate of drug-likeness (QED) is 0.557. The molecular formula is C8H13N5S. The van der Waals surface area contributed by atoms with Crippen molar-refractivity contribution in [1.82, 2.24) is 9.36 Å². The second kappa shape index (κ2) is 3.91. The maximum Gasteiger partial charge on any atom is 0.204 e. The van der Waals surface area contributed by atoms with Gasteiger partial charge in [-0.25, -0.2) is 4.98 Å². The molecular weight excluding hydrogens is 198 g/mol. The van der Waals surface area contributed by atoms with Crippen molar-refractivity contribution in [2.75, 3.05) is 18.0 Å². The molecule has 1 aromatic heterocycles. The molecule has 0 radical (unpaired) electrons. The van der Waals surface area contributed by atoms with Crippen LogP contribution in [0, 0.1) is 11.3 Å². The average Bonchev–Trinajstić information content (AvgIpc) is 2.71. The van der Waals surface area contributed by atoms with E-state index in [2.05, 4.69) is 14.3 Å². The fourth-order valence-corrected chi connectivity index (χ4v) is 2.28. The number of hydrogen-bond acceptors (Lipinski definition) is 5. The molecule has 1 aromatic rings. The SMILES string of the molecule is N=C(N)C1CCCN(c2ncns2)C1. The molecule has 76 valence electrons. The van der Waals surface area contributed by atoms with Crippen LogP contribution in [0.1, 0.15) is 12.8 Å². The Morgan fingerprint density at radius 1 is 1.71 bits per heavy atom. The van der Waals surface area contributed by atoms with Crippen molar-refractivity contribution in [3.63, 3.8) is 0 Å². The average molecular weight is 211 g/mol. The zero-order valence-electron chi connectivity index (χ0n) is 7.81. The third-order valence-corrected chi connectivity index (χ3v) is 3.21. The highest BCUT2D eigenvalue weighted by molar-refractivity contribution is 7.09. The van der Waals surface area contributed by atoms with Crippen molar-refractivity contribution in [3.8, 4) is 0 Å². The summed E-state index contributed by atoms with van der Waals surface area (Å²) in [5.41, 5.74) is 5.51. The van der Waals surface area contributed by atoms with Crippen molar-refractivity contribution in [3.05, 3.63) is 6.33 Å². The molecule has 6 heteroatoms. The van der Waals surface area contributed by atoms with Crippen molar-refractivity contribution in [2.45, 2.75) is 12.8 Å². The lowest BCUT2D eigenvalue weighted by Crippen LogP contribution is -2.40. The Kier molecular flexibility index (Phi) is 2.62. The van der Waals surface area contributed by atoms with E-state index in [-0.39, 0.29) is 5.92 Å². The number of rotatable bonds is 2. The number of amidine groups is 1. The molecule has 0 aliphatic carbocycles. The predicted octanol–water partition coefficient (Wildman–Crippen LogP) is 0.690. The summed E-state index contributed by atoms with van der Waals surface area (Å²) >= 11 is 1.40. The van der Waals surface area contributed by atoms with E-state index >= 15 is 0 Å². The van der Waals surface area contributed by atoms with Gasteiger partial charge in [-0.3, -0.25) is 5.41 Å². The van der Waals surface area contributed by atoms with Gasteiger partial charge in [0.05, 0.1) is 5.84 Å². The highest BCUT2D eigenvalue weighted by atomic mass is 32.1. The van der Waals surface area contributed by atoms with Crippen LogP contribution in [0.3, 0.4) is 0 Å². The molecule has 1 atom stereocenters. The van der Waals surface area contributed by atoms with Gasteiger partial charge in [0.1, 0.15) is 6.33 Å². The molecule has 1 aliphatic rings. The molecule has 1 saturated heterocycles. The Morgan fingerprint density at radius 3 is 3.21 bits per heavy atom. The van der Waals surface area contributed by atoms with E-state index in [0.717, 1.165) is 31.1 Å². The van der Waals surface area contributed by atoms with Crippen LogP contribution in [-0.2, 0) is 0 Å². The van der Waals surface area contributed by atoms with Crippen molar-refractivity contribution in [1.29, 1.82) is 5.41 Å². The van der Waals surface area contributed by atoms with Gasteiger partial charge in [0.15, 0.2) is 0 Å². The molecule has 0 aromatic carbocycles. The highest BCUT2D eigenvalue weighted by Crippen LogP contribution is 2.23. The Morgan fingerprint density at radius 2 is 2.57 bits per heavy atom. The van der Waals surface area contributed by atoms with Crippen LogP contribution >= 0.6 is 11.5 Å². The molecule has 2 heterocycles. The van der Waals surface area contributed by atoms with Gasteiger partial charge in [-0.05, 0) is 12.8 Å². The summed E-state index contributed by atoms with van der Waals surface area (Å²) in [6.07, 6.45) is 3.66. The lowest BCUT2D eigenvalue weighted by Gasteiger charge is -2.31. The minimum Gasteiger partial charge on any atom is -0.387 e. The Labute approximate surface area is 86.6 Å². The van der Waals surface area contributed by atoms with Gasteiger partial charge >= 0.3 is 0 Å².